The number of carboxylic acid groups (broad SMARTS) is 1. The fourth-order valence-corrected chi connectivity index (χ4v) is 4.93. The molecule has 1 aliphatic rings. The average Bonchev–Trinajstić information content (AvgIpc) is 2.77. The highest BCUT2D eigenvalue weighted by atomic mass is 35.5. The lowest BCUT2D eigenvalue weighted by atomic mass is 9.90. The summed E-state index contributed by atoms with van der Waals surface area (Å²) in [5.41, 5.74) is 1.27. The van der Waals surface area contributed by atoms with Gasteiger partial charge in [0.1, 0.15) is 0 Å². The predicted octanol–water partition coefficient (Wildman–Crippen LogP) is 4.41. The van der Waals surface area contributed by atoms with Gasteiger partial charge in [-0.05, 0) is 36.3 Å². The Hall–Kier alpha value is -1.10. The molecule has 22 heavy (non-hydrogen) atoms. The molecular formula is C17H20ClNO2S. The number of likely N-dealkylation sites (tertiary alicyclic amines) is 1. The molecular weight excluding hydrogens is 318 g/mol. The summed E-state index contributed by atoms with van der Waals surface area (Å²) in [4.78, 5) is 14.9. The van der Waals surface area contributed by atoms with Gasteiger partial charge < -0.3 is 5.11 Å². The van der Waals surface area contributed by atoms with Gasteiger partial charge in [0.15, 0.2) is 0 Å². The van der Waals surface area contributed by atoms with Crippen molar-refractivity contribution in [2.45, 2.75) is 26.8 Å². The third-order valence-corrected chi connectivity index (χ3v) is 6.22. The molecule has 1 aliphatic heterocycles. The van der Waals surface area contributed by atoms with Crippen molar-refractivity contribution in [2.24, 2.45) is 11.8 Å². The third kappa shape index (κ3) is 3.00. The first-order chi connectivity index (χ1) is 10.5. The summed E-state index contributed by atoms with van der Waals surface area (Å²) in [7, 11) is 0. The molecule has 1 aromatic carbocycles. The van der Waals surface area contributed by atoms with Gasteiger partial charge in [-0.2, -0.15) is 0 Å². The molecule has 2 heterocycles. The minimum Gasteiger partial charge on any atom is -0.481 e. The summed E-state index contributed by atoms with van der Waals surface area (Å²) in [5.74, 6) is -0.497. The van der Waals surface area contributed by atoms with Crippen molar-refractivity contribution >= 4 is 39.0 Å². The average molecular weight is 338 g/mol. The molecule has 2 unspecified atom stereocenters. The molecule has 0 bridgehead atoms. The number of hydrogen-bond acceptors (Lipinski definition) is 3. The fourth-order valence-electron chi connectivity index (χ4n) is 3.38. The third-order valence-electron chi connectivity index (χ3n) is 4.47. The number of thiophene rings is 1. The molecule has 2 aromatic rings. The summed E-state index contributed by atoms with van der Waals surface area (Å²) >= 11 is 8.03. The van der Waals surface area contributed by atoms with Crippen molar-refractivity contribution in [3.05, 3.63) is 33.7 Å². The fraction of sp³-hybridized carbons (Fsp3) is 0.471. The van der Waals surface area contributed by atoms with E-state index in [1.54, 1.807) is 11.3 Å². The van der Waals surface area contributed by atoms with Crippen molar-refractivity contribution in [2.75, 3.05) is 13.1 Å². The summed E-state index contributed by atoms with van der Waals surface area (Å²) in [6.45, 7) is 6.69. The topological polar surface area (TPSA) is 40.5 Å². The van der Waals surface area contributed by atoms with Crippen LogP contribution in [0.5, 0.6) is 0 Å². The Morgan fingerprint density at radius 1 is 1.45 bits per heavy atom. The molecule has 1 aromatic heterocycles. The van der Waals surface area contributed by atoms with E-state index in [-0.39, 0.29) is 5.92 Å². The highest BCUT2D eigenvalue weighted by Crippen LogP contribution is 2.36. The van der Waals surface area contributed by atoms with Crippen molar-refractivity contribution in [1.29, 1.82) is 0 Å². The number of hydrogen-bond donors (Lipinski definition) is 1. The molecule has 0 radical (unpaired) electrons. The lowest BCUT2D eigenvalue weighted by molar-refractivity contribution is -0.144. The normalized spacial score (nSPS) is 23.0. The molecule has 118 valence electrons. The second-order valence-corrected chi connectivity index (χ2v) is 7.85. The van der Waals surface area contributed by atoms with Crippen LogP contribution in [-0.2, 0) is 11.3 Å². The van der Waals surface area contributed by atoms with Gasteiger partial charge >= 0.3 is 5.97 Å². The smallest absolute Gasteiger partial charge is 0.307 e. The van der Waals surface area contributed by atoms with E-state index in [0.717, 1.165) is 29.2 Å². The first-order valence-corrected chi connectivity index (χ1v) is 8.76. The van der Waals surface area contributed by atoms with E-state index in [0.29, 0.717) is 12.5 Å². The highest BCUT2D eigenvalue weighted by Gasteiger charge is 2.30. The standard InChI is InChI=1S/C17H20ClNO2S/c1-10-6-12(17(20)21)8-19(7-10)9-15-11(2)13-4-3-5-14(18)16(13)22-15/h3-5,10,12H,6-9H2,1-2H3,(H,20,21). The van der Waals surface area contributed by atoms with Crippen LogP contribution in [0.3, 0.4) is 0 Å². The molecule has 1 saturated heterocycles. The van der Waals surface area contributed by atoms with Crippen molar-refractivity contribution in [3.63, 3.8) is 0 Å². The second-order valence-electron chi connectivity index (χ2n) is 6.34. The number of piperidine rings is 1. The van der Waals surface area contributed by atoms with Crippen molar-refractivity contribution in [1.82, 2.24) is 4.90 Å². The van der Waals surface area contributed by atoms with E-state index in [1.165, 1.54) is 15.8 Å². The summed E-state index contributed by atoms with van der Waals surface area (Å²) < 4.78 is 1.14. The molecule has 0 saturated carbocycles. The Morgan fingerprint density at radius 2 is 2.23 bits per heavy atom. The van der Waals surface area contributed by atoms with E-state index >= 15 is 0 Å². The minimum atomic E-state index is -0.673. The number of carboxylic acids is 1. The largest absolute Gasteiger partial charge is 0.481 e. The maximum absolute atomic E-state index is 11.3. The summed E-state index contributed by atoms with van der Waals surface area (Å²) in [5, 5.41) is 11.3. The van der Waals surface area contributed by atoms with Crippen molar-refractivity contribution < 1.29 is 9.90 Å². The number of aryl methyl sites for hydroxylation is 1. The molecule has 3 nitrogen and oxygen atoms in total. The molecule has 0 spiro atoms. The number of aliphatic carboxylic acids is 1. The van der Waals surface area contributed by atoms with Gasteiger partial charge in [0.05, 0.1) is 15.6 Å². The zero-order valence-corrected chi connectivity index (χ0v) is 14.4. The molecule has 1 fully saturated rings. The zero-order chi connectivity index (χ0) is 15.9. The van der Waals surface area contributed by atoms with E-state index in [2.05, 4.69) is 24.8 Å². The predicted molar refractivity (Wildman–Crippen MR) is 91.8 cm³/mol. The molecule has 0 aliphatic carbocycles. The maximum atomic E-state index is 11.3. The van der Waals surface area contributed by atoms with Crippen LogP contribution in [0.2, 0.25) is 5.02 Å². The van der Waals surface area contributed by atoms with Gasteiger partial charge in [-0.25, -0.2) is 0 Å². The van der Waals surface area contributed by atoms with E-state index in [1.807, 2.05) is 12.1 Å². The van der Waals surface area contributed by atoms with Gasteiger partial charge in [-0.3, -0.25) is 9.69 Å². The highest BCUT2D eigenvalue weighted by molar-refractivity contribution is 7.20. The Balaban J connectivity index is 1.85. The van der Waals surface area contributed by atoms with E-state index < -0.39 is 5.97 Å². The monoisotopic (exact) mass is 337 g/mol. The van der Waals surface area contributed by atoms with Gasteiger partial charge in [0.2, 0.25) is 0 Å². The molecule has 1 N–H and O–H groups in total. The van der Waals surface area contributed by atoms with Gasteiger partial charge in [0.25, 0.3) is 0 Å². The molecule has 3 rings (SSSR count). The summed E-state index contributed by atoms with van der Waals surface area (Å²) in [6, 6.07) is 6.01. The van der Waals surface area contributed by atoms with E-state index in [9.17, 15) is 9.90 Å². The number of fused-ring (bicyclic) bond motifs is 1. The Labute approximate surface area is 139 Å². The van der Waals surface area contributed by atoms with Gasteiger partial charge in [-0.15, -0.1) is 11.3 Å². The van der Waals surface area contributed by atoms with Crippen LogP contribution < -0.4 is 0 Å². The number of nitrogens with zero attached hydrogens (tertiary/aromatic N) is 1. The number of carbonyl (C=O) groups is 1. The quantitative estimate of drug-likeness (QED) is 0.902. The van der Waals surface area contributed by atoms with Crippen LogP contribution >= 0.6 is 22.9 Å². The Bertz CT molecular complexity index is 712. The lowest BCUT2D eigenvalue weighted by Gasteiger charge is -2.34. The first kappa shape index (κ1) is 15.8. The molecule has 5 heteroatoms. The Kier molecular flexibility index (Phi) is 4.44. The number of halogens is 1. The SMILES string of the molecule is Cc1c(CN2CC(C)CC(C(=O)O)C2)sc2c(Cl)cccc12. The zero-order valence-electron chi connectivity index (χ0n) is 12.8. The second kappa shape index (κ2) is 6.19. The van der Waals surface area contributed by atoms with Crippen LogP contribution in [0.1, 0.15) is 23.8 Å². The molecule has 0 amide bonds. The van der Waals surface area contributed by atoms with Crippen LogP contribution in [0.4, 0.5) is 0 Å². The van der Waals surface area contributed by atoms with Crippen LogP contribution in [0.15, 0.2) is 18.2 Å². The maximum Gasteiger partial charge on any atom is 0.307 e. The Morgan fingerprint density at radius 3 is 2.91 bits per heavy atom. The number of rotatable bonds is 3. The van der Waals surface area contributed by atoms with Crippen LogP contribution in [0, 0.1) is 18.8 Å². The first-order valence-electron chi connectivity index (χ1n) is 7.57. The van der Waals surface area contributed by atoms with Gasteiger partial charge in [0, 0.05) is 24.5 Å². The number of benzene rings is 1. The molecule has 2 atom stereocenters. The van der Waals surface area contributed by atoms with Crippen LogP contribution in [-0.4, -0.2) is 29.1 Å². The van der Waals surface area contributed by atoms with Crippen LogP contribution in [0.25, 0.3) is 10.1 Å². The van der Waals surface area contributed by atoms with Crippen molar-refractivity contribution in [3.8, 4) is 0 Å². The minimum absolute atomic E-state index is 0.248. The van der Waals surface area contributed by atoms with Gasteiger partial charge in [-0.1, -0.05) is 30.7 Å². The lowest BCUT2D eigenvalue weighted by Crippen LogP contribution is -2.41. The van der Waals surface area contributed by atoms with E-state index in [4.69, 9.17) is 11.6 Å². The summed E-state index contributed by atoms with van der Waals surface area (Å²) in [6.07, 6.45) is 0.781.